The molecule has 2 aromatic carbocycles. The van der Waals surface area contributed by atoms with Crippen molar-refractivity contribution in [3.63, 3.8) is 0 Å². The smallest absolute Gasteiger partial charge is 0.250 e. The lowest BCUT2D eigenvalue weighted by Gasteiger charge is -2.10. The Morgan fingerprint density at radius 1 is 0.909 bits per heavy atom. The van der Waals surface area contributed by atoms with Gasteiger partial charge >= 0.3 is 0 Å². The van der Waals surface area contributed by atoms with Crippen LogP contribution in [-0.4, -0.2) is 36.6 Å². The van der Waals surface area contributed by atoms with Gasteiger partial charge in [-0.1, -0.05) is 12.1 Å². The molecule has 0 aliphatic carbocycles. The summed E-state index contributed by atoms with van der Waals surface area (Å²) < 4.78 is 10.4. The first-order chi connectivity index (χ1) is 15.9. The number of amides is 3. The van der Waals surface area contributed by atoms with E-state index in [2.05, 4.69) is 21.5 Å². The highest BCUT2D eigenvalue weighted by atomic mass is 32.1. The number of methoxy groups -OCH3 is 1. The number of nitrogens with one attached hydrogen (secondary N) is 4. The number of carbonyl (C=O) groups is 3. The van der Waals surface area contributed by atoms with E-state index in [1.165, 1.54) is 6.08 Å². The summed E-state index contributed by atoms with van der Waals surface area (Å²) in [5.74, 6) is 0.190. The van der Waals surface area contributed by atoms with Crippen molar-refractivity contribution in [3.05, 3.63) is 60.2 Å². The van der Waals surface area contributed by atoms with E-state index in [-0.39, 0.29) is 23.9 Å². The second-order valence-electron chi connectivity index (χ2n) is 6.60. The van der Waals surface area contributed by atoms with Crippen LogP contribution in [-0.2, 0) is 14.4 Å². The van der Waals surface area contributed by atoms with Crippen molar-refractivity contribution >= 4 is 46.8 Å². The number of carbonyl (C=O) groups excluding carboxylic acids is 3. The van der Waals surface area contributed by atoms with Crippen molar-refractivity contribution in [3.8, 4) is 11.5 Å². The van der Waals surface area contributed by atoms with Gasteiger partial charge in [0.2, 0.25) is 17.7 Å². The molecule has 0 aliphatic heterocycles. The highest BCUT2D eigenvalue weighted by Gasteiger charge is 2.08. The summed E-state index contributed by atoms with van der Waals surface area (Å²) in [7, 11) is 1.57. The zero-order valence-corrected chi connectivity index (χ0v) is 19.2. The average Bonchev–Trinajstić information content (AvgIpc) is 2.82. The number of anilines is 1. The van der Waals surface area contributed by atoms with E-state index < -0.39 is 11.8 Å². The van der Waals surface area contributed by atoms with Crippen LogP contribution in [0.15, 0.2) is 54.6 Å². The number of hydrogen-bond donors (Lipinski definition) is 4. The topological polar surface area (TPSA) is 118 Å². The minimum Gasteiger partial charge on any atom is -0.497 e. The number of hydrogen-bond acceptors (Lipinski definition) is 6. The Bertz CT molecular complexity index is 991. The number of ether oxygens (including phenoxy) is 2. The van der Waals surface area contributed by atoms with Gasteiger partial charge in [0.1, 0.15) is 11.5 Å². The van der Waals surface area contributed by atoms with Gasteiger partial charge < -0.3 is 14.8 Å². The number of benzene rings is 2. The molecule has 0 fully saturated rings. The summed E-state index contributed by atoms with van der Waals surface area (Å²) >= 11 is 4.97. The SMILES string of the molecule is CCOc1ccc(NC(=O)CCC(=O)NNC(=S)NC(=O)C=Cc2ccc(OC)cc2)cc1. The van der Waals surface area contributed by atoms with Gasteiger partial charge in [0, 0.05) is 24.6 Å². The molecule has 0 saturated heterocycles. The Hall–Kier alpha value is -3.92. The standard InChI is InChI=1S/C23H26N4O5S/c1-3-32-19-11-7-17(8-12-19)24-20(28)14-15-22(30)26-27-23(33)25-21(29)13-6-16-4-9-18(31-2)10-5-16/h4-13H,3,14-15H2,1-2H3,(H,24,28)(H,26,30)(H2,25,27,29,33). The van der Waals surface area contributed by atoms with Crippen LogP contribution < -0.4 is 31.0 Å². The molecule has 0 heterocycles. The first-order valence-corrected chi connectivity index (χ1v) is 10.5. The number of thiocarbonyl (C=S) groups is 1. The van der Waals surface area contributed by atoms with Gasteiger partial charge in [-0.15, -0.1) is 0 Å². The molecule has 3 amide bonds. The first-order valence-electron chi connectivity index (χ1n) is 10.1. The van der Waals surface area contributed by atoms with Crippen LogP contribution in [0.4, 0.5) is 5.69 Å². The molecule has 0 radical (unpaired) electrons. The molecule has 0 atom stereocenters. The molecule has 4 N–H and O–H groups in total. The van der Waals surface area contributed by atoms with E-state index in [9.17, 15) is 14.4 Å². The third-order valence-electron chi connectivity index (χ3n) is 4.12. The summed E-state index contributed by atoms with van der Waals surface area (Å²) in [6.07, 6.45) is 2.83. The van der Waals surface area contributed by atoms with E-state index in [1.807, 2.05) is 6.92 Å². The van der Waals surface area contributed by atoms with Crippen molar-refractivity contribution in [1.29, 1.82) is 0 Å². The van der Waals surface area contributed by atoms with E-state index >= 15 is 0 Å². The van der Waals surface area contributed by atoms with Crippen LogP contribution in [0.25, 0.3) is 6.08 Å². The second kappa shape index (κ2) is 13.5. The summed E-state index contributed by atoms with van der Waals surface area (Å²) in [5.41, 5.74) is 6.17. The predicted octanol–water partition coefficient (Wildman–Crippen LogP) is 2.55. The third-order valence-corrected chi connectivity index (χ3v) is 4.33. The quantitative estimate of drug-likeness (QED) is 0.253. The minimum absolute atomic E-state index is 0.0234. The van der Waals surface area contributed by atoms with Crippen LogP contribution in [0.5, 0.6) is 11.5 Å². The molecule has 0 aliphatic rings. The van der Waals surface area contributed by atoms with Crippen LogP contribution in [0.3, 0.4) is 0 Å². The third kappa shape index (κ3) is 9.83. The molecular formula is C23H26N4O5S. The first kappa shape index (κ1) is 25.3. The minimum atomic E-state index is -0.465. The average molecular weight is 471 g/mol. The fraction of sp³-hybridized carbons (Fsp3) is 0.217. The van der Waals surface area contributed by atoms with Crippen LogP contribution in [0, 0.1) is 0 Å². The highest BCUT2D eigenvalue weighted by Crippen LogP contribution is 2.16. The lowest BCUT2D eigenvalue weighted by molar-refractivity contribution is -0.124. The van der Waals surface area contributed by atoms with Crippen molar-refractivity contribution in [2.24, 2.45) is 0 Å². The predicted molar refractivity (Wildman–Crippen MR) is 130 cm³/mol. The van der Waals surface area contributed by atoms with E-state index in [1.54, 1.807) is 61.7 Å². The van der Waals surface area contributed by atoms with Crippen LogP contribution in [0.1, 0.15) is 25.3 Å². The highest BCUT2D eigenvalue weighted by molar-refractivity contribution is 7.80. The Morgan fingerprint density at radius 2 is 1.55 bits per heavy atom. The molecule has 10 heteroatoms. The molecule has 0 aromatic heterocycles. The van der Waals surface area contributed by atoms with Gasteiger partial charge in [-0.25, -0.2) is 0 Å². The van der Waals surface area contributed by atoms with Crippen molar-refractivity contribution in [1.82, 2.24) is 16.2 Å². The summed E-state index contributed by atoms with van der Waals surface area (Å²) in [6.45, 7) is 2.44. The molecule has 2 aromatic rings. The molecule has 0 spiro atoms. The Balaban J connectivity index is 1.65. The molecule has 0 unspecified atom stereocenters. The Labute approximate surface area is 197 Å². The lowest BCUT2D eigenvalue weighted by atomic mass is 10.2. The Morgan fingerprint density at radius 3 is 2.18 bits per heavy atom. The van der Waals surface area contributed by atoms with Gasteiger partial charge in [0.05, 0.1) is 13.7 Å². The van der Waals surface area contributed by atoms with Crippen molar-refractivity contribution in [2.45, 2.75) is 19.8 Å². The van der Waals surface area contributed by atoms with Crippen molar-refractivity contribution < 1.29 is 23.9 Å². The van der Waals surface area contributed by atoms with Gasteiger partial charge in [-0.05, 0) is 67.2 Å². The maximum absolute atomic E-state index is 12.0. The zero-order chi connectivity index (χ0) is 24.1. The molecule has 0 saturated carbocycles. The van der Waals surface area contributed by atoms with E-state index in [0.29, 0.717) is 23.8 Å². The lowest BCUT2D eigenvalue weighted by Crippen LogP contribution is -2.48. The van der Waals surface area contributed by atoms with Gasteiger partial charge in [0.15, 0.2) is 5.11 Å². The van der Waals surface area contributed by atoms with Gasteiger partial charge in [-0.3, -0.25) is 30.6 Å². The summed E-state index contributed by atoms with van der Waals surface area (Å²) in [5, 5.41) is 5.03. The monoisotopic (exact) mass is 470 g/mol. The molecule has 2 rings (SSSR count). The molecule has 33 heavy (non-hydrogen) atoms. The fourth-order valence-corrected chi connectivity index (χ4v) is 2.66. The number of rotatable bonds is 9. The largest absolute Gasteiger partial charge is 0.497 e. The van der Waals surface area contributed by atoms with Crippen LogP contribution >= 0.6 is 12.2 Å². The number of hydrazine groups is 1. The summed E-state index contributed by atoms with van der Waals surface area (Å²) in [6, 6.07) is 14.1. The van der Waals surface area contributed by atoms with Crippen LogP contribution in [0.2, 0.25) is 0 Å². The molecule has 0 bridgehead atoms. The molecular weight excluding hydrogens is 444 g/mol. The van der Waals surface area contributed by atoms with E-state index in [4.69, 9.17) is 21.7 Å². The Kier molecular flexibility index (Phi) is 10.4. The fourth-order valence-electron chi connectivity index (χ4n) is 2.51. The summed E-state index contributed by atoms with van der Waals surface area (Å²) in [4.78, 5) is 35.8. The normalized spacial score (nSPS) is 10.2. The molecule has 174 valence electrons. The van der Waals surface area contributed by atoms with Gasteiger partial charge in [-0.2, -0.15) is 0 Å². The van der Waals surface area contributed by atoms with E-state index in [0.717, 1.165) is 5.56 Å². The van der Waals surface area contributed by atoms with Crippen molar-refractivity contribution in [2.75, 3.05) is 19.0 Å². The zero-order valence-electron chi connectivity index (χ0n) is 18.3. The maximum Gasteiger partial charge on any atom is 0.250 e. The maximum atomic E-state index is 12.0. The molecule has 9 nitrogen and oxygen atoms in total. The van der Waals surface area contributed by atoms with Gasteiger partial charge in [0.25, 0.3) is 0 Å². The second-order valence-corrected chi connectivity index (χ2v) is 7.01.